The van der Waals surface area contributed by atoms with E-state index < -0.39 is 5.60 Å². The number of hydrogen-bond acceptors (Lipinski definition) is 3. The Morgan fingerprint density at radius 2 is 2.00 bits per heavy atom. The highest BCUT2D eigenvalue weighted by Crippen LogP contribution is 2.28. The molecule has 6 heteroatoms. The topological polar surface area (TPSA) is 66.0 Å². The van der Waals surface area contributed by atoms with Gasteiger partial charge < -0.3 is 20.3 Å². The van der Waals surface area contributed by atoms with Crippen molar-refractivity contribution in [1.29, 1.82) is 0 Å². The van der Waals surface area contributed by atoms with Crippen LogP contribution in [0, 0.1) is 5.92 Å². The van der Waals surface area contributed by atoms with E-state index in [2.05, 4.69) is 22.5 Å². The van der Waals surface area contributed by atoms with Crippen LogP contribution in [0.15, 0.2) is 4.99 Å². The molecule has 1 fully saturated rings. The van der Waals surface area contributed by atoms with Crippen LogP contribution in [-0.2, 0) is 4.74 Å². The molecule has 1 amide bonds. The first-order valence-electron chi connectivity index (χ1n) is 8.71. The number of nitrogens with zero attached hydrogens (tertiary/aromatic N) is 2. The summed E-state index contributed by atoms with van der Waals surface area (Å²) in [7, 11) is 1.78. The number of carbonyl (C=O) groups excluding carboxylic acids is 1. The Balaban J connectivity index is 2.33. The van der Waals surface area contributed by atoms with Crippen LogP contribution in [0.2, 0.25) is 0 Å². The zero-order valence-corrected chi connectivity index (χ0v) is 15.6. The Labute approximate surface area is 141 Å². The van der Waals surface area contributed by atoms with E-state index in [-0.39, 0.29) is 12.1 Å². The van der Waals surface area contributed by atoms with Crippen molar-refractivity contribution < 1.29 is 9.53 Å². The van der Waals surface area contributed by atoms with E-state index in [0.29, 0.717) is 0 Å². The molecular formula is C17H34N4O2. The maximum Gasteiger partial charge on any atom is 0.410 e. The number of hydrogen-bond donors (Lipinski definition) is 2. The zero-order valence-electron chi connectivity index (χ0n) is 15.6. The Morgan fingerprint density at radius 1 is 1.35 bits per heavy atom. The van der Waals surface area contributed by atoms with Crippen molar-refractivity contribution >= 4 is 12.1 Å². The van der Waals surface area contributed by atoms with Crippen molar-refractivity contribution in [1.82, 2.24) is 15.5 Å². The van der Waals surface area contributed by atoms with Gasteiger partial charge in [0.25, 0.3) is 0 Å². The lowest BCUT2D eigenvalue weighted by molar-refractivity contribution is 0.0230. The van der Waals surface area contributed by atoms with Gasteiger partial charge in [-0.15, -0.1) is 0 Å². The molecule has 0 radical (unpaired) electrons. The van der Waals surface area contributed by atoms with Crippen molar-refractivity contribution in [2.24, 2.45) is 10.9 Å². The number of aliphatic imine (C=N–C) groups is 1. The summed E-state index contributed by atoms with van der Waals surface area (Å²) >= 11 is 0. The highest BCUT2D eigenvalue weighted by Gasteiger charge is 2.23. The average molecular weight is 326 g/mol. The summed E-state index contributed by atoms with van der Waals surface area (Å²) < 4.78 is 5.39. The predicted octanol–water partition coefficient (Wildman–Crippen LogP) is 2.60. The van der Waals surface area contributed by atoms with Gasteiger partial charge in [-0.3, -0.25) is 4.99 Å². The summed E-state index contributed by atoms with van der Waals surface area (Å²) in [6.07, 6.45) is 3.17. The third kappa shape index (κ3) is 8.67. The smallest absolute Gasteiger partial charge is 0.410 e. The molecule has 0 aromatic rings. The summed E-state index contributed by atoms with van der Waals surface area (Å²) in [4.78, 5) is 18.3. The van der Waals surface area contributed by atoms with Crippen LogP contribution in [0.5, 0.6) is 0 Å². The van der Waals surface area contributed by atoms with Gasteiger partial charge >= 0.3 is 6.09 Å². The van der Waals surface area contributed by atoms with Crippen LogP contribution >= 0.6 is 0 Å². The first-order valence-corrected chi connectivity index (χ1v) is 8.71. The first kappa shape index (κ1) is 19.6. The van der Waals surface area contributed by atoms with Crippen LogP contribution < -0.4 is 10.6 Å². The number of rotatable bonds is 7. The fourth-order valence-electron chi connectivity index (χ4n) is 1.97. The minimum atomic E-state index is -0.461. The maximum absolute atomic E-state index is 12.0. The lowest BCUT2D eigenvalue weighted by Crippen LogP contribution is -2.43. The Hall–Kier alpha value is -1.46. The van der Waals surface area contributed by atoms with E-state index in [1.165, 1.54) is 12.8 Å². The molecule has 0 heterocycles. The van der Waals surface area contributed by atoms with Crippen LogP contribution in [0.25, 0.3) is 0 Å². The normalized spacial score (nSPS) is 16.7. The third-order valence-electron chi connectivity index (χ3n) is 3.75. The van der Waals surface area contributed by atoms with E-state index in [0.717, 1.165) is 37.9 Å². The highest BCUT2D eigenvalue weighted by molar-refractivity contribution is 5.79. The van der Waals surface area contributed by atoms with Crippen molar-refractivity contribution in [3.05, 3.63) is 0 Å². The van der Waals surface area contributed by atoms with Gasteiger partial charge in [-0.2, -0.15) is 0 Å². The van der Waals surface area contributed by atoms with E-state index in [1.807, 2.05) is 27.7 Å². The lowest BCUT2D eigenvalue weighted by Gasteiger charge is -2.28. The Kier molecular flexibility index (Phi) is 7.65. The molecule has 134 valence electrons. The minimum Gasteiger partial charge on any atom is -0.444 e. The number of nitrogens with one attached hydrogen (secondary N) is 2. The largest absolute Gasteiger partial charge is 0.444 e. The number of guanidine groups is 1. The van der Waals surface area contributed by atoms with Crippen LogP contribution in [0.1, 0.15) is 53.9 Å². The van der Waals surface area contributed by atoms with Gasteiger partial charge in [0.2, 0.25) is 0 Å². The van der Waals surface area contributed by atoms with E-state index in [9.17, 15) is 4.79 Å². The monoisotopic (exact) mass is 326 g/mol. The Bertz CT molecular complexity index is 400. The molecule has 1 aliphatic rings. The van der Waals surface area contributed by atoms with E-state index >= 15 is 0 Å². The molecule has 1 aliphatic carbocycles. The molecule has 0 aliphatic heterocycles. The fourth-order valence-corrected chi connectivity index (χ4v) is 1.97. The van der Waals surface area contributed by atoms with Gasteiger partial charge in [0.05, 0.1) is 0 Å². The Morgan fingerprint density at radius 3 is 2.52 bits per heavy atom. The summed E-state index contributed by atoms with van der Waals surface area (Å²) in [6, 6.07) is 0.101. The molecule has 1 saturated carbocycles. The predicted molar refractivity (Wildman–Crippen MR) is 94.8 cm³/mol. The molecule has 1 unspecified atom stereocenters. The summed E-state index contributed by atoms with van der Waals surface area (Å²) in [5.41, 5.74) is -0.461. The summed E-state index contributed by atoms with van der Waals surface area (Å²) in [5, 5.41) is 6.59. The quantitative estimate of drug-likeness (QED) is 0.557. The van der Waals surface area contributed by atoms with Gasteiger partial charge in [0, 0.05) is 32.7 Å². The molecule has 0 aromatic carbocycles. The number of ether oxygens (including phenoxy) is 1. The van der Waals surface area contributed by atoms with Crippen LogP contribution in [0.4, 0.5) is 4.79 Å². The minimum absolute atomic E-state index is 0.101. The van der Waals surface area contributed by atoms with Crippen molar-refractivity contribution in [3.8, 4) is 0 Å². The second-order valence-electron chi connectivity index (χ2n) is 7.32. The molecule has 0 saturated heterocycles. The second kappa shape index (κ2) is 8.99. The average Bonchev–Trinajstić information content (AvgIpc) is 3.26. The molecule has 2 N–H and O–H groups in total. The molecule has 0 aromatic heterocycles. The number of carbonyl (C=O) groups is 1. The maximum atomic E-state index is 12.0. The SMILES string of the molecule is CCNC(=NCC1CC1)NCCC(C)N(C)C(=O)OC(C)(C)C. The summed E-state index contributed by atoms with van der Waals surface area (Å²) in [6.45, 7) is 12.3. The molecular weight excluding hydrogens is 292 g/mol. The van der Waals surface area contributed by atoms with Gasteiger partial charge in [0.1, 0.15) is 5.60 Å². The van der Waals surface area contributed by atoms with Gasteiger partial charge in [-0.25, -0.2) is 4.79 Å². The molecule has 23 heavy (non-hydrogen) atoms. The number of amides is 1. The van der Waals surface area contributed by atoms with Gasteiger partial charge in [0.15, 0.2) is 5.96 Å². The molecule has 0 spiro atoms. The molecule has 1 rings (SSSR count). The van der Waals surface area contributed by atoms with Crippen molar-refractivity contribution in [2.45, 2.75) is 65.5 Å². The highest BCUT2D eigenvalue weighted by atomic mass is 16.6. The standard InChI is InChI=1S/C17H34N4O2/c1-7-18-15(20-12-14-8-9-14)19-11-10-13(2)21(6)16(22)23-17(3,4)5/h13-14H,7-12H2,1-6H3,(H2,18,19,20). The van der Waals surface area contributed by atoms with Crippen LogP contribution in [0.3, 0.4) is 0 Å². The van der Waals surface area contributed by atoms with Crippen LogP contribution in [-0.4, -0.2) is 55.3 Å². The summed E-state index contributed by atoms with van der Waals surface area (Å²) in [5.74, 6) is 1.65. The van der Waals surface area contributed by atoms with Crippen molar-refractivity contribution in [2.75, 3.05) is 26.7 Å². The van der Waals surface area contributed by atoms with Gasteiger partial charge in [-0.05, 0) is 59.8 Å². The third-order valence-corrected chi connectivity index (χ3v) is 3.75. The molecule has 0 bridgehead atoms. The van der Waals surface area contributed by atoms with E-state index in [4.69, 9.17) is 4.74 Å². The molecule has 6 nitrogen and oxygen atoms in total. The van der Waals surface area contributed by atoms with Gasteiger partial charge in [-0.1, -0.05) is 0 Å². The fraction of sp³-hybridized carbons (Fsp3) is 0.882. The first-order chi connectivity index (χ1) is 10.7. The lowest BCUT2D eigenvalue weighted by atomic mass is 10.2. The second-order valence-corrected chi connectivity index (χ2v) is 7.32. The van der Waals surface area contributed by atoms with Crippen molar-refractivity contribution in [3.63, 3.8) is 0 Å². The van der Waals surface area contributed by atoms with E-state index in [1.54, 1.807) is 11.9 Å². The molecule has 1 atom stereocenters. The zero-order chi connectivity index (χ0) is 17.5.